The Morgan fingerprint density at radius 3 is 2.24 bits per heavy atom. The molecule has 17 heavy (non-hydrogen) atoms. The summed E-state index contributed by atoms with van der Waals surface area (Å²) >= 11 is 0. The minimum atomic E-state index is 0.0365. The van der Waals surface area contributed by atoms with Crippen molar-refractivity contribution in [2.45, 2.75) is 64.2 Å². The van der Waals surface area contributed by atoms with Crippen LogP contribution in [0.25, 0.3) is 0 Å². The van der Waals surface area contributed by atoms with Gasteiger partial charge >= 0.3 is 5.97 Å². The Kier molecular flexibility index (Phi) is 7.78. The fourth-order valence-corrected chi connectivity index (χ4v) is 1.88. The molecular weight excluding hydrogens is 212 g/mol. The average molecular weight is 238 g/mol. The van der Waals surface area contributed by atoms with Crippen LogP contribution in [0, 0.1) is 5.92 Å². The van der Waals surface area contributed by atoms with Crippen molar-refractivity contribution < 1.29 is 9.53 Å². The lowest BCUT2D eigenvalue weighted by atomic mass is 10.1. The number of carbonyl (C=O) groups excluding carboxylic acids is 1. The lowest BCUT2D eigenvalue weighted by molar-refractivity contribution is -0.145. The molecule has 1 saturated carbocycles. The normalized spacial score (nSPS) is 14.6. The minimum Gasteiger partial charge on any atom is -0.465 e. The molecule has 0 unspecified atom stereocenters. The van der Waals surface area contributed by atoms with Crippen LogP contribution in [0.2, 0.25) is 0 Å². The van der Waals surface area contributed by atoms with Gasteiger partial charge in [0.2, 0.25) is 0 Å². The molecule has 0 aromatic rings. The summed E-state index contributed by atoms with van der Waals surface area (Å²) in [5.74, 6) is 0.286. The van der Waals surface area contributed by atoms with Crippen molar-refractivity contribution in [3.8, 4) is 0 Å². The van der Waals surface area contributed by atoms with E-state index in [1.807, 2.05) is 6.08 Å². The molecule has 1 fully saturated rings. The van der Waals surface area contributed by atoms with Crippen molar-refractivity contribution in [1.82, 2.24) is 0 Å². The summed E-state index contributed by atoms with van der Waals surface area (Å²) in [6.45, 7) is 4.35. The Hall–Kier alpha value is -0.790. The first-order valence-electron chi connectivity index (χ1n) is 7.12. The van der Waals surface area contributed by atoms with Gasteiger partial charge in [0.15, 0.2) is 0 Å². The molecule has 0 heterocycles. The number of carbonyl (C=O) groups is 1. The molecule has 0 aromatic heterocycles. The molecule has 0 aromatic carbocycles. The van der Waals surface area contributed by atoms with E-state index < -0.39 is 0 Å². The second kappa shape index (κ2) is 9.26. The van der Waals surface area contributed by atoms with E-state index >= 15 is 0 Å². The van der Waals surface area contributed by atoms with Crippen molar-refractivity contribution in [1.29, 1.82) is 0 Å². The largest absolute Gasteiger partial charge is 0.465 e. The highest BCUT2D eigenvalue weighted by Gasteiger charge is 2.30. The first kappa shape index (κ1) is 14.3. The fourth-order valence-electron chi connectivity index (χ4n) is 1.88. The number of allylic oxidation sites excluding steroid dienone is 1. The zero-order valence-electron chi connectivity index (χ0n) is 11.0. The molecule has 98 valence electrons. The number of unbranched alkanes of at least 4 members (excludes halogenated alkanes) is 7. The predicted octanol–water partition coefficient (Wildman–Crippen LogP) is 4.25. The van der Waals surface area contributed by atoms with E-state index in [0.717, 1.165) is 25.7 Å². The Morgan fingerprint density at radius 2 is 1.65 bits per heavy atom. The van der Waals surface area contributed by atoms with Crippen LogP contribution in [0.3, 0.4) is 0 Å². The number of esters is 1. The molecule has 1 rings (SSSR count). The van der Waals surface area contributed by atoms with Crippen LogP contribution in [0.1, 0.15) is 64.2 Å². The maximum Gasteiger partial charge on any atom is 0.308 e. The van der Waals surface area contributed by atoms with Gasteiger partial charge in [-0.05, 0) is 32.1 Å². The molecule has 1 aliphatic rings. The van der Waals surface area contributed by atoms with Crippen molar-refractivity contribution in [2.24, 2.45) is 5.92 Å². The maximum absolute atomic E-state index is 11.2. The average Bonchev–Trinajstić information content (AvgIpc) is 3.15. The smallest absolute Gasteiger partial charge is 0.308 e. The monoisotopic (exact) mass is 238 g/mol. The molecule has 0 amide bonds. The molecule has 2 heteroatoms. The molecule has 0 radical (unpaired) electrons. The van der Waals surface area contributed by atoms with Crippen molar-refractivity contribution >= 4 is 5.97 Å². The molecule has 2 nitrogen and oxygen atoms in total. The van der Waals surface area contributed by atoms with Gasteiger partial charge in [-0.3, -0.25) is 4.79 Å². The summed E-state index contributed by atoms with van der Waals surface area (Å²) in [4.78, 5) is 11.2. The fraction of sp³-hybridized carbons (Fsp3) is 0.800. The van der Waals surface area contributed by atoms with Crippen LogP contribution in [0.5, 0.6) is 0 Å². The highest BCUT2D eigenvalue weighted by Crippen LogP contribution is 2.30. The molecule has 1 aliphatic carbocycles. The number of rotatable bonds is 11. The molecule has 0 spiro atoms. The quantitative estimate of drug-likeness (QED) is 0.305. The first-order valence-corrected chi connectivity index (χ1v) is 7.12. The van der Waals surface area contributed by atoms with Crippen molar-refractivity contribution in [3.63, 3.8) is 0 Å². The standard InChI is InChI=1S/C15H26O2/c1-2-3-4-5-6-7-8-9-10-13-17-15(16)14-11-12-14/h2,14H,1,3-13H2. The number of ether oxygens (including phenoxy) is 1. The SMILES string of the molecule is C=CCCCCCCCCCOC(=O)C1CC1. The van der Waals surface area contributed by atoms with E-state index in [9.17, 15) is 4.79 Å². The summed E-state index contributed by atoms with van der Waals surface area (Å²) in [6, 6.07) is 0. The second-order valence-electron chi connectivity index (χ2n) is 4.99. The van der Waals surface area contributed by atoms with Crippen LogP contribution in [-0.4, -0.2) is 12.6 Å². The summed E-state index contributed by atoms with van der Waals surface area (Å²) in [6.07, 6.45) is 14.0. The molecule has 0 N–H and O–H groups in total. The molecule has 0 atom stereocenters. The third kappa shape index (κ3) is 8.00. The number of hydrogen-bond donors (Lipinski definition) is 0. The molecule has 0 bridgehead atoms. The van der Waals surface area contributed by atoms with Gasteiger partial charge in [0.1, 0.15) is 0 Å². The maximum atomic E-state index is 11.2. The van der Waals surface area contributed by atoms with Crippen LogP contribution < -0.4 is 0 Å². The molecular formula is C15H26O2. The van der Waals surface area contributed by atoms with Gasteiger partial charge in [-0.1, -0.05) is 38.2 Å². The van der Waals surface area contributed by atoms with Gasteiger partial charge in [-0.15, -0.1) is 6.58 Å². The first-order chi connectivity index (χ1) is 8.34. The third-order valence-electron chi connectivity index (χ3n) is 3.21. The van der Waals surface area contributed by atoms with Crippen LogP contribution in [0.15, 0.2) is 12.7 Å². The second-order valence-corrected chi connectivity index (χ2v) is 4.99. The van der Waals surface area contributed by atoms with Gasteiger partial charge < -0.3 is 4.74 Å². The zero-order valence-corrected chi connectivity index (χ0v) is 11.0. The Bertz CT molecular complexity index is 219. The van der Waals surface area contributed by atoms with E-state index in [-0.39, 0.29) is 11.9 Å². The van der Waals surface area contributed by atoms with Gasteiger partial charge in [0, 0.05) is 0 Å². The van der Waals surface area contributed by atoms with E-state index in [2.05, 4.69) is 6.58 Å². The predicted molar refractivity (Wildman–Crippen MR) is 70.8 cm³/mol. The highest BCUT2D eigenvalue weighted by molar-refractivity contribution is 5.74. The minimum absolute atomic E-state index is 0.0365. The van der Waals surface area contributed by atoms with E-state index in [4.69, 9.17) is 4.74 Å². The van der Waals surface area contributed by atoms with Gasteiger partial charge in [0.25, 0.3) is 0 Å². The summed E-state index contributed by atoms with van der Waals surface area (Å²) in [7, 11) is 0. The molecule has 0 aliphatic heterocycles. The van der Waals surface area contributed by atoms with Gasteiger partial charge in [0.05, 0.1) is 12.5 Å². The van der Waals surface area contributed by atoms with E-state index in [0.29, 0.717) is 6.61 Å². The number of hydrogen-bond acceptors (Lipinski definition) is 2. The van der Waals surface area contributed by atoms with Gasteiger partial charge in [-0.2, -0.15) is 0 Å². The van der Waals surface area contributed by atoms with Crippen LogP contribution in [-0.2, 0) is 9.53 Å². The summed E-state index contributed by atoms with van der Waals surface area (Å²) in [5, 5.41) is 0. The van der Waals surface area contributed by atoms with Gasteiger partial charge in [-0.25, -0.2) is 0 Å². The van der Waals surface area contributed by atoms with Crippen LogP contribution in [0.4, 0.5) is 0 Å². The summed E-state index contributed by atoms with van der Waals surface area (Å²) in [5.41, 5.74) is 0. The molecule has 0 saturated heterocycles. The van der Waals surface area contributed by atoms with E-state index in [1.54, 1.807) is 0 Å². The van der Waals surface area contributed by atoms with Crippen molar-refractivity contribution in [3.05, 3.63) is 12.7 Å². The Balaban J connectivity index is 1.72. The highest BCUT2D eigenvalue weighted by atomic mass is 16.5. The Labute approximate surface area is 105 Å². The Morgan fingerprint density at radius 1 is 1.06 bits per heavy atom. The van der Waals surface area contributed by atoms with Crippen LogP contribution >= 0.6 is 0 Å². The third-order valence-corrected chi connectivity index (χ3v) is 3.21. The van der Waals surface area contributed by atoms with Crippen molar-refractivity contribution in [2.75, 3.05) is 6.61 Å². The lowest BCUT2D eigenvalue weighted by Crippen LogP contribution is -2.07. The lowest BCUT2D eigenvalue weighted by Gasteiger charge is -2.03. The summed E-state index contributed by atoms with van der Waals surface area (Å²) < 4.78 is 5.18. The zero-order chi connectivity index (χ0) is 12.3. The topological polar surface area (TPSA) is 26.3 Å². The van der Waals surface area contributed by atoms with E-state index in [1.165, 1.54) is 38.5 Å².